The van der Waals surface area contributed by atoms with E-state index in [0.717, 1.165) is 23.5 Å². The Labute approximate surface area is 186 Å². The Bertz CT molecular complexity index is 958. The van der Waals surface area contributed by atoms with E-state index in [9.17, 15) is 4.79 Å². The number of hydrogen-bond acceptors (Lipinski definition) is 6. The van der Waals surface area contributed by atoms with Crippen LogP contribution in [0.5, 0.6) is 17.2 Å². The van der Waals surface area contributed by atoms with E-state index >= 15 is 0 Å². The number of hydrogen-bond donors (Lipinski definition) is 0. The molecular weight excluding hydrogens is 418 g/mol. The predicted molar refractivity (Wildman–Crippen MR) is 125 cm³/mol. The minimum atomic E-state index is -0.0929. The molecule has 3 rings (SSSR count). The summed E-state index contributed by atoms with van der Waals surface area (Å²) in [5, 5.41) is 0. The summed E-state index contributed by atoms with van der Waals surface area (Å²) in [5.41, 5.74) is 0.886. The monoisotopic (exact) mass is 441 g/mol. The van der Waals surface area contributed by atoms with Gasteiger partial charge in [-0.1, -0.05) is 54.3 Å². The maximum Gasteiger partial charge on any atom is 0.266 e. The zero-order chi connectivity index (χ0) is 21.3. The molecule has 0 aromatic heterocycles. The molecule has 1 amide bonds. The van der Waals surface area contributed by atoms with Crippen LogP contribution in [-0.4, -0.2) is 42.0 Å². The van der Waals surface area contributed by atoms with Gasteiger partial charge in [-0.3, -0.25) is 9.69 Å². The molecule has 1 heterocycles. The van der Waals surface area contributed by atoms with E-state index in [4.69, 9.17) is 26.4 Å². The first kappa shape index (κ1) is 21.9. The van der Waals surface area contributed by atoms with Crippen molar-refractivity contribution in [1.29, 1.82) is 0 Å². The van der Waals surface area contributed by atoms with E-state index < -0.39 is 0 Å². The summed E-state index contributed by atoms with van der Waals surface area (Å²) in [6.07, 6.45) is 4.22. The van der Waals surface area contributed by atoms with Crippen LogP contribution in [0.25, 0.3) is 6.08 Å². The fraction of sp³-hybridized carbons (Fsp3) is 0.217. The van der Waals surface area contributed by atoms with Crippen molar-refractivity contribution in [1.82, 2.24) is 4.90 Å². The molecule has 0 N–H and O–H groups in total. The van der Waals surface area contributed by atoms with Crippen LogP contribution in [0.3, 0.4) is 0 Å². The standard InChI is InChI=1S/C23H23NO4S2/c1-3-12-24-22(25)21(30-23(24)29)16-17-8-6-9-18(15-17)27-13-7-14-28-20-11-5-4-10-19(20)26-2/h3-6,8-11,15-16H,1,7,12-14H2,2H3/b21-16+. The first-order valence-electron chi connectivity index (χ1n) is 9.47. The van der Waals surface area contributed by atoms with Gasteiger partial charge in [-0.15, -0.1) is 6.58 Å². The highest BCUT2D eigenvalue weighted by atomic mass is 32.2. The van der Waals surface area contributed by atoms with Crippen LogP contribution < -0.4 is 14.2 Å². The number of thiocarbonyl (C=S) groups is 1. The summed E-state index contributed by atoms with van der Waals surface area (Å²) in [5.74, 6) is 2.08. The molecule has 0 aliphatic carbocycles. The maximum absolute atomic E-state index is 12.4. The number of amides is 1. The van der Waals surface area contributed by atoms with Gasteiger partial charge in [0.15, 0.2) is 11.5 Å². The molecule has 30 heavy (non-hydrogen) atoms. The second-order valence-corrected chi connectivity index (χ2v) is 8.03. The van der Waals surface area contributed by atoms with Crippen molar-refractivity contribution in [3.05, 3.63) is 71.7 Å². The van der Waals surface area contributed by atoms with Gasteiger partial charge in [-0.2, -0.15) is 0 Å². The van der Waals surface area contributed by atoms with Crippen LogP contribution >= 0.6 is 24.0 Å². The minimum absolute atomic E-state index is 0.0929. The number of para-hydroxylation sites is 2. The zero-order valence-corrected chi connectivity index (χ0v) is 18.3. The summed E-state index contributed by atoms with van der Waals surface area (Å²) in [7, 11) is 1.62. The zero-order valence-electron chi connectivity index (χ0n) is 16.7. The number of benzene rings is 2. The quantitative estimate of drug-likeness (QED) is 0.226. The van der Waals surface area contributed by atoms with E-state index in [-0.39, 0.29) is 5.91 Å². The number of rotatable bonds is 10. The van der Waals surface area contributed by atoms with E-state index in [1.807, 2.05) is 54.6 Å². The van der Waals surface area contributed by atoms with E-state index in [0.29, 0.717) is 34.7 Å². The molecule has 5 nitrogen and oxygen atoms in total. The molecule has 0 spiro atoms. The van der Waals surface area contributed by atoms with E-state index in [1.165, 1.54) is 11.8 Å². The topological polar surface area (TPSA) is 48.0 Å². The maximum atomic E-state index is 12.4. The highest BCUT2D eigenvalue weighted by Crippen LogP contribution is 2.32. The first-order valence-corrected chi connectivity index (χ1v) is 10.7. The van der Waals surface area contributed by atoms with Gasteiger partial charge in [-0.05, 0) is 35.9 Å². The molecule has 0 bridgehead atoms. The number of ether oxygens (including phenoxy) is 3. The molecule has 1 fully saturated rings. The highest BCUT2D eigenvalue weighted by Gasteiger charge is 2.30. The molecular formula is C23H23NO4S2. The van der Waals surface area contributed by atoms with Crippen LogP contribution in [0.1, 0.15) is 12.0 Å². The van der Waals surface area contributed by atoms with Crippen LogP contribution in [-0.2, 0) is 4.79 Å². The number of thioether (sulfide) groups is 1. The minimum Gasteiger partial charge on any atom is -0.493 e. The van der Waals surface area contributed by atoms with Crippen molar-refractivity contribution >= 4 is 40.3 Å². The summed E-state index contributed by atoms with van der Waals surface area (Å²) in [6, 6.07) is 15.2. The van der Waals surface area contributed by atoms with Crippen molar-refractivity contribution in [3.8, 4) is 17.2 Å². The van der Waals surface area contributed by atoms with Crippen LogP contribution in [0.15, 0.2) is 66.1 Å². The third-order valence-corrected chi connectivity index (χ3v) is 5.60. The average Bonchev–Trinajstić information content (AvgIpc) is 3.02. The number of methoxy groups -OCH3 is 1. The molecule has 1 aliphatic heterocycles. The second-order valence-electron chi connectivity index (χ2n) is 6.35. The molecule has 1 aliphatic rings. The van der Waals surface area contributed by atoms with Crippen LogP contribution in [0.2, 0.25) is 0 Å². The van der Waals surface area contributed by atoms with E-state index in [1.54, 1.807) is 18.1 Å². The van der Waals surface area contributed by atoms with Gasteiger partial charge in [0, 0.05) is 13.0 Å². The molecule has 0 saturated carbocycles. The lowest BCUT2D eigenvalue weighted by molar-refractivity contribution is -0.121. The lowest BCUT2D eigenvalue weighted by Crippen LogP contribution is -2.27. The number of carbonyl (C=O) groups is 1. The lowest BCUT2D eigenvalue weighted by Gasteiger charge is -2.11. The Hall–Kier alpha value is -2.77. The third-order valence-electron chi connectivity index (χ3n) is 4.23. The van der Waals surface area contributed by atoms with Gasteiger partial charge in [0.25, 0.3) is 5.91 Å². The van der Waals surface area contributed by atoms with E-state index in [2.05, 4.69) is 6.58 Å². The summed E-state index contributed by atoms with van der Waals surface area (Å²) in [4.78, 5) is 14.6. The second kappa shape index (κ2) is 10.8. The lowest BCUT2D eigenvalue weighted by atomic mass is 10.2. The number of nitrogens with zero attached hydrogens (tertiary/aromatic N) is 1. The fourth-order valence-electron chi connectivity index (χ4n) is 2.80. The van der Waals surface area contributed by atoms with Gasteiger partial charge in [0.05, 0.1) is 25.2 Å². The first-order chi connectivity index (χ1) is 14.6. The molecule has 0 atom stereocenters. The summed E-state index contributed by atoms with van der Waals surface area (Å²) < 4.78 is 17.4. The van der Waals surface area contributed by atoms with Gasteiger partial charge < -0.3 is 14.2 Å². The van der Waals surface area contributed by atoms with Crippen molar-refractivity contribution in [2.45, 2.75) is 6.42 Å². The number of carbonyl (C=O) groups excluding carboxylic acids is 1. The summed E-state index contributed by atoms with van der Waals surface area (Å²) >= 11 is 6.57. The Morgan fingerprint density at radius 2 is 1.87 bits per heavy atom. The molecule has 0 unspecified atom stereocenters. The molecule has 2 aromatic carbocycles. The predicted octanol–water partition coefficient (Wildman–Crippen LogP) is 4.93. The normalized spacial score (nSPS) is 14.8. The van der Waals surface area contributed by atoms with Crippen LogP contribution in [0.4, 0.5) is 0 Å². The highest BCUT2D eigenvalue weighted by molar-refractivity contribution is 8.26. The fourth-order valence-corrected chi connectivity index (χ4v) is 4.08. The van der Waals surface area contributed by atoms with Crippen molar-refractivity contribution < 1.29 is 19.0 Å². The largest absolute Gasteiger partial charge is 0.493 e. The molecule has 1 saturated heterocycles. The Morgan fingerprint density at radius 3 is 2.63 bits per heavy atom. The molecule has 7 heteroatoms. The molecule has 2 aromatic rings. The Balaban J connectivity index is 1.52. The van der Waals surface area contributed by atoms with Crippen LogP contribution in [0, 0.1) is 0 Å². The van der Waals surface area contributed by atoms with Crippen molar-refractivity contribution in [2.75, 3.05) is 26.9 Å². The van der Waals surface area contributed by atoms with Gasteiger partial charge >= 0.3 is 0 Å². The van der Waals surface area contributed by atoms with Crippen molar-refractivity contribution in [2.24, 2.45) is 0 Å². The van der Waals surface area contributed by atoms with Gasteiger partial charge in [-0.25, -0.2) is 0 Å². The molecule has 0 radical (unpaired) electrons. The van der Waals surface area contributed by atoms with Gasteiger partial charge in [0.1, 0.15) is 10.1 Å². The Kier molecular flexibility index (Phi) is 7.93. The average molecular weight is 442 g/mol. The molecule has 156 valence electrons. The summed E-state index contributed by atoms with van der Waals surface area (Å²) in [6.45, 7) is 5.12. The van der Waals surface area contributed by atoms with Gasteiger partial charge in [0.2, 0.25) is 0 Å². The Morgan fingerprint density at radius 1 is 1.10 bits per heavy atom. The third kappa shape index (κ3) is 5.64. The van der Waals surface area contributed by atoms with Crippen molar-refractivity contribution in [3.63, 3.8) is 0 Å². The SMILES string of the molecule is C=CCN1C(=O)/C(=C\c2cccc(OCCCOc3ccccc3OC)c2)SC1=S. The smallest absolute Gasteiger partial charge is 0.266 e.